The predicted molar refractivity (Wildman–Crippen MR) is 74.8 cm³/mol. The zero-order valence-electron chi connectivity index (χ0n) is 11.9. The summed E-state index contributed by atoms with van der Waals surface area (Å²) in [5.74, 6) is -0.514. The van der Waals surface area contributed by atoms with E-state index in [1.54, 1.807) is 37.2 Å². The van der Waals surface area contributed by atoms with Gasteiger partial charge in [-0.25, -0.2) is 4.39 Å². The molecule has 0 spiro atoms. The summed E-state index contributed by atoms with van der Waals surface area (Å²) < 4.78 is 19.2. The molecule has 1 N–H and O–H groups in total. The van der Waals surface area contributed by atoms with Crippen LogP contribution in [0.2, 0.25) is 0 Å². The van der Waals surface area contributed by atoms with Crippen molar-refractivity contribution in [2.45, 2.75) is 24.9 Å². The second-order valence-corrected chi connectivity index (χ2v) is 5.28. The lowest BCUT2D eigenvalue weighted by Crippen LogP contribution is -2.44. The Morgan fingerprint density at radius 2 is 2.00 bits per heavy atom. The van der Waals surface area contributed by atoms with Gasteiger partial charge >= 0.3 is 0 Å². The molecule has 5 heteroatoms. The molecule has 20 heavy (non-hydrogen) atoms. The number of ether oxygens (including phenoxy) is 1. The van der Waals surface area contributed by atoms with E-state index >= 15 is 0 Å². The Morgan fingerprint density at radius 1 is 1.35 bits per heavy atom. The first-order chi connectivity index (χ1) is 9.59. The van der Waals surface area contributed by atoms with E-state index in [1.165, 1.54) is 6.07 Å². The first kappa shape index (κ1) is 14.9. The van der Waals surface area contributed by atoms with Gasteiger partial charge in [-0.3, -0.25) is 9.69 Å². The van der Waals surface area contributed by atoms with Gasteiger partial charge in [0.05, 0.1) is 0 Å². The van der Waals surface area contributed by atoms with Crippen LogP contribution in [0.15, 0.2) is 24.3 Å². The van der Waals surface area contributed by atoms with Crippen molar-refractivity contribution in [2.24, 2.45) is 0 Å². The highest BCUT2D eigenvalue weighted by atomic mass is 19.1. The summed E-state index contributed by atoms with van der Waals surface area (Å²) in [6.45, 7) is 1.33. The van der Waals surface area contributed by atoms with Gasteiger partial charge in [0.25, 0.3) is 0 Å². The number of nitrogens with zero attached hydrogens (tertiary/aromatic N) is 1. The van der Waals surface area contributed by atoms with E-state index in [4.69, 9.17) is 4.74 Å². The third-order valence-electron chi connectivity index (χ3n) is 3.53. The average Bonchev–Trinajstić information content (AvgIpc) is 2.42. The molecule has 1 saturated heterocycles. The summed E-state index contributed by atoms with van der Waals surface area (Å²) in [5, 5.41) is 3.00. The van der Waals surface area contributed by atoms with Crippen LogP contribution in [0.4, 0.5) is 4.39 Å². The SMILES string of the molecule is CN(C)[C@H](C(=O)NC1CCOCC1)c1ccccc1F. The van der Waals surface area contributed by atoms with Crippen LogP contribution in [0.5, 0.6) is 0 Å². The van der Waals surface area contributed by atoms with Gasteiger partial charge in [0.15, 0.2) is 0 Å². The number of amides is 1. The molecule has 0 aliphatic carbocycles. The number of hydrogen-bond donors (Lipinski definition) is 1. The van der Waals surface area contributed by atoms with Gasteiger partial charge in [-0.15, -0.1) is 0 Å². The molecule has 1 heterocycles. The van der Waals surface area contributed by atoms with Crippen LogP contribution in [0.25, 0.3) is 0 Å². The van der Waals surface area contributed by atoms with Gasteiger partial charge in [0.2, 0.25) is 5.91 Å². The Morgan fingerprint density at radius 3 is 2.60 bits per heavy atom. The fourth-order valence-corrected chi connectivity index (χ4v) is 2.47. The van der Waals surface area contributed by atoms with Crippen molar-refractivity contribution in [2.75, 3.05) is 27.3 Å². The molecule has 0 radical (unpaired) electrons. The fourth-order valence-electron chi connectivity index (χ4n) is 2.47. The largest absolute Gasteiger partial charge is 0.381 e. The molecule has 110 valence electrons. The fraction of sp³-hybridized carbons (Fsp3) is 0.533. The number of carbonyl (C=O) groups is 1. The van der Waals surface area contributed by atoms with Crippen molar-refractivity contribution in [1.29, 1.82) is 0 Å². The van der Waals surface area contributed by atoms with Gasteiger partial charge in [-0.1, -0.05) is 18.2 Å². The van der Waals surface area contributed by atoms with Crippen molar-refractivity contribution >= 4 is 5.91 Å². The summed E-state index contributed by atoms with van der Waals surface area (Å²) in [5.41, 5.74) is 0.405. The Balaban J connectivity index is 2.12. The lowest BCUT2D eigenvalue weighted by atomic mass is 10.0. The number of carbonyl (C=O) groups excluding carboxylic acids is 1. The predicted octanol–water partition coefficient (Wildman–Crippen LogP) is 1.72. The minimum atomic E-state index is -0.612. The van der Waals surface area contributed by atoms with Crippen molar-refractivity contribution in [3.05, 3.63) is 35.6 Å². The van der Waals surface area contributed by atoms with E-state index in [1.807, 2.05) is 0 Å². The minimum Gasteiger partial charge on any atom is -0.381 e. The number of rotatable bonds is 4. The molecular formula is C15H21FN2O2. The van der Waals surface area contributed by atoms with Crippen LogP contribution in [0, 0.1) is 5.82 Å². The number of nitrogens with one attached hydrogen (secondary N) is 1. The van der Waals surface area contributed by atoms with Crippen LogP contribution in [0.3, 0.4) is 0 Å². The molecule has 1 aromatic rings. The molecule has 0 saturated carbocycles. The molecule has 1 atom stereocenters. The standard InChI is InChI=1S/C15H21FN2O2/c1-18(2)14(12-5-3-4-6-13(12)16)15(19)17-11-7-9-20-10-8-11/h3-6,11,14H,7-10H2,1-2H3,(H,17,19)/t14-/m0/s1. The van der Waals surface area contributed by atoms with Crippen molar-refractivity contribution < 1.29 is 13.9 Å². The van der Waals surface area contributed by atoms with Gasteiger partial charge in [0, 0.05) is 24.8 Å². The monoisotopic (exact) mass is 280 g/mol. The molecular weight excluding hydrogens is 259 g/mol. The molecule has 2 rings (SSSR count). The average molecular weight is 280 g/mol. The molecule has 1 aliphatic heterocycles. The van der Waals surface area contributed by atoms with E-state index in [-0.39, 0.29) is 17.8 Å². The Bertz CT molecular complexity index is 459. The maximum Gasteiger partial charge on any atom is 0.242 e. The molecule has 0 bridgehead atoms. The minimum absolute atomic E-state index is 0.116. The van der Waals surface area contributed by atoms with Crippen LogP contribution < -0.4 is 5.32 Å². The second kappa shape index (κ2) is 6.81. The molecule has 0 aromatic heterocycles. The third-order valence-corrected chi connectivity index (χ3v) is 3.53. The van der Waals surface area contributed by atoms with Crippen molar-refractivity contribution in [3.8, 4) is 0 Å². The van der Waals surface area contributed by atoms with E-state index in [2.05, 4.69) is 5.32 Å². The number of halogens is 1. The molecule has 1 amide bonds. The Labute approximate surface area is 118 Å². The molecule has 1 fully saturated rings. The molecule has 1 aliphatic rings. The van der Waals surface area contributed by atoms with E-state index in [9.17, 15) is 9.18 Å². The lowest BCUT2D eigenvalue weighted by Gasteiger charge is -2.29. The highest BCUT2D eigenvalue weighted by molar-refractivity contribution is 5.83. The van der Waals surface area contributed by atoms with Crippen molar-refractivity contribution in [1.82, 2.24) is 10.2 Å². The van der Waals surface area contributed by atoms with Crippen LogP contribution in [0.1, 0.15) is 24.4 Å². The quantitative estimate of drug-likeness (QED) is 0.913. The topological polar surface area (TPSA) is 41.6 Å². The molecule has 4 nitrogen and oxygen atoms in total. The first-order valence-electron chi connectivity index (χ1n) is 6.88. The Hall–Kier alpha value is -1.46. The maximum atomic E-state index is 13.9. The first-order valence-corrected chi connectivity index (χ1v) is 6.88. The van der Waals surface area contributed by atoms with Crippen LogP contribution in [-0.4, -0.2) is 44.2 Å². The summed E-state index contributed by atoms with van der Waals surface area (Å²) in [7, 11) is 3.56. The van der Waals surface area contributed by atoms with Gasteiger partial charge in [-0.05, 0) is 33.0 Å². The van der Waals surface area contributed by atoms with E-state index in [0.29, 0.717) is 18.8 Å². The normalized spacial score (nSPS) is 18.0. The van der Waals surface area contributed by atoms with E-state index in [0.717, 1.165) is 12.8 Å². The number of likely N-dealkylation sites (N-methyl/N-ethyl adjacent to an activating group) is 1. The van der Waals surface area contributed by atoms with Crippen LogP contribution in [-0.2, 0) is 9.53 Å². The van der Waals surface area contributed by atoms with E-state index < -0.39 is 6.04 Å². The highest BCUT2D eigenvalue weighted by Crippen LogP contribution is 2.22. The number of hydrogen-bond acceptors (Lipinski definition) is 3. The smallest absolute Gasteiger partial charge is 0.242 e. The van der Waals surface area contributed by atoms with Gasteiger partial charge in [0.1, 0.15) is 11.9 Å². The molecule has 1 aromatic carbocycles. The Kier molecular flexibility index (Phi) is 5.09. The summed E-state index contributed by atoms with van der Waals surface area (Å²) >= 11 is 0. The van der Waals surface area contributed by atoms with Gasteiger partial charge < -0.3 is 10.1 Å². The second-order valence-electron chi connectivity index (χ2n) is 5.28. The van der Waals surface area contributed by atoms with Crippen molar-refractivity contribution in [3.63, 3.8) is 0 Å². The lowest BCUT2D eigenvalue weighted by molar-refractivity contribution is -0.127. The maximum absolute atomic E-state index is 13.9. The van der Waals surface area contributed by atoms with Crippen LogP contribution >= 0.6 is 0 Å². The zero-order valence-corrected chi connectivity index (χ0v) is 11.9. The number of benzene rings is 1. The third kappa shape index (κ3) is 3.55. The zero-order chi connectivity index (χ0) is 14.5. The molecule has 0 unspecified atom stereocenters. The summed E-state index contributed by atoms with van der Waals surface area (Å²) in [6.07, 6.45) is 1.62. The summed E-state index contributed by atoms with van der Waals surface area (Å²) in [6, 6.07) is 5.92. The highest BCUT2D eigenvalue weighted by Gasteiger charge is 2.27. The van der Waals surface area contributed by atoms with Gasteiger partial charge in [-0.2, -0.15) is 0 Å². The summed E-state index contributed by atoms with van der Waals surface area (Å²) in [4.78, 5) is 14.2.